The number of methoxy groups -OCH3 is 1. The number of benzene rings is 1. The van der Waals surface area contributed by atoms with Crippen LogP contribution in [0.1, 0.15) is 11.1 Å². The van der Waals surface area contributed by atoms with Gasteiger partial charge in [-0.05, 0) is 36.3 Å². The van der Waals surface area contributed by atoms with Crippen LogP contribution in [0.2, 0.25) is 0 Å². The maximum absolute atomic E-state index is 12.1. The van der Waals surface area contributed by atoms with Gasteiger partial charge in [0.15, 0.2) is 11.4 Å². The van der Waals surface area contributed by atoms with Crippen LogP contribution in [0.3, 0.4) is 0 Å². The maximum Gasteiger partial charge on any atom is 0.200 e. The summed E-state index contributed by atoms with van der Waals surface area (Å²) in [5.41, 5.74) is -0.534. The lowest BCUT2D eigenvalue weighted by atomic mass is 9.93. The molecular weight excluding hydrogens is 248 g/mol. The molecule has 0 bridgehead atoms. The number of aryl methyl sites for hydroxylation is 1. The highest BCUT2D eigenvalue weighted by Crippen LogP contribution is 2.34. The van der Waals surface area contributed by atoms with E-state index in [1.165, 1.54) is 6.08 Å². The Balaban J connectivity index is 2.44. The summed E-state index contributed by atoms with van der Waals surface area (Å²) in [6, 6.07) is 5.14. The van der Waals surface area contributed by atoms with Crippen LogP contribution in [-0.4, -0.2) is 46.5 Å². The Hall–Kier alpha value is -1.69. The lowest BCUT2D eigenvalue weighted by Gasteiger charge is -2.22. The molecule has 0 saturated heterocycles. The molecule has 0 heterocycles. The van der Waals surface area contributed by atoms with Crippen LogP contribution in [0.5, 0.6) is 5.75 Å². The number of ether oxygens (including phenoxy) is 1. The third-order valence-electron chi connectivity index (χ3n) is 3.42. The van der Waals surface area contributed by atoms with Crippen molar-refractivity contribution >= 4 is 11.4 Å². The molecule has 0 saturated carbocycles. The summed E-state index contributed by atoms with van der Waals surface area (Å²) < 4.78 is 5.08. The van der Waals surface area contributed by atoms with E-state index in [1.54, 1.807) is 32.2 Å². The zero-order valence-corrected chi connectivity index (χ0v) is 10.8. The molecule has 0 aliphatic heterocycles. The van der Waals surface area contributed by atoms with Gasteiger partial charge in [0, 0.05) is 5.57 Å². The second kappa shape index (κ2) is 4.77. The minimum absolute atomic E-state index is 0.212. The molecular formula is C14H16O5. The summed E-state index contributed by atoms with van der Waals surface area (Å²) >= 11 is 0. The molecule has 0 radical (unpaired) electrons. The smallest absolute Gasteiger partial charge is 0.200 e. The van der Waals surface area contributed by atoms with Crippen LogP contribution in [0.25, 0.3) is 5.57 Å². The van der Waals surface area contributed by atoms with Crippen LogP contribution in [-0.2, 0) is 4.79 Å². The fourth-order valence-corrected chi connectivity index (χ4v) is 2.18. The monoisotopic (exact) mass is 264 g/mol. The molecule has 2 rings (SSSR count). The number of hydrogen-bond acceptors (Lipinski definition) is 5. The van der Waals surface area contributed by atoms with E-state index in [4.69, 9.17) is 9.84 Å². The predicted molar refractivity (Wildman–Crippen MR) is 68.8 cm³/mol. The minimum atomic E-state index is -2.14. The standard InChI is InChI=1S/C14H16O5/c1-8-5-9(19-2)3-4-10(8)11-6-12(16)14(18,7-15)13(11)17/h3-6,12,15-16,18H,7H2,1-2H3/t12-,14-/m0/s1. The summed E-state index contributed by atoms with van der Waals surface area (Å²) in [6.07, 6.45) is -0.130. The molecule has 0 spiro atoms. The van der Waals surface area contributed by atoms with Crippen LogP contribution in [0, 0.1) is 6.92 Å². The molecule has 102 valence electrons. The first-order valence-corrected chi connectivity index (χ1v) is 5.87. The molecule has 5 heteroatoms. The highest BCUT2D eigenvalue weighted by atomic mass is 16.5. The molecule has 19 heavy (non-hydrogen) atoms. The molecule has 1 aliphatic carbocycles. The van der Waals surface area contributed by atoms with Gasteiger partial charge in [-0.1, -0.05) is 6.07 Å². The highest BCUT2D eigenvalue weighted by Gasteiger charge is 2.48. The first kappa shape index (κ1) is 13.7. The van der Waals surface area contributed by atoms with E-state index < -0.39 is 24.1 Å². The molecule has 0 amide bonds. The largest absolute Gasteiger partial charge is 0.497 e. The quantitative estimate of drug-likeness (QED) is 0.718. The van der Waals surface area contributed by atoms with E-state index >= 15 is 0 Å². The van der Waals surface area contributed by atoms with Crippen molar-refractivity contribution < 1.29 is 24.9 Å². The number of carbonyl (C=O) groups is 1. The van der Waals surface area contributed by atoms with Gasteiger partial charge in [0.2, 0.25) is 0 Å². The molecule has 2 atom stereocenters. The van der Waals surface area contributed by atoms with Crippen LogP contribution in [0.15, 0.2) is 24.3 Å². The second-order valence-corrected chi connectivity index (χ2v) is 4.62. The zero-order valence-electron chi connectivity index (χ0n) is 10.8. The number of aliphatic hydroxyl groups excluding tert-OH is 2. The van der Waals surface area contributed by atoms with Crippen molar-refractivity contribution in [2.45, 2.75) is 18.6 Å². The average Bonchev–Trinajstić information content (AvgIpc) is 2.63. The van der Waals surface area contributed by atoms with Gasteiger partial charge in [0.1, 0.15) is 11.9 Å². The Morgan fingerprint density at radius 1 is 1.42 bits per heavy atom. The van der Waals surface area contributed by atoms with Crippen LogP contribution < -0.4 is 4.74 Å². The van der Waals surface area contributed by atoms with Gasteiger partial charge in [0.05, 0.1) is 13.7 Å². The number of hydrogen-bond donors (Lipinski definition) is 3. The van der Waals surface area contributed by atoms with Crippen LogP contribution in [0.4, 0.5) is 0 Å². The van der Waals surface area contributed by atoms with Crippen molar-refractivity contribution in [1.82, 2.24) is 0 Å². The molecule has 0 fully saturated rings. The van der Waals surface area contributed by atoms with Crippen LogP contribution >= 0.6 is 0 Å². The van der Waals surface area contributed by atoms with Gasteiger partial charge >= 0.3 is 0 Å². The van der Waals surface area contributed by atoms with E-state index in [-0.39, 0.29) is 5.57 Å². The van der Waals surface area contributed by atoms with E-state index in [0.29, 0.717) is 11.3 Å². The van der Waals surface area contributed by atoms with Gasteiger partial charge in [-0.15, -0.1) is 0 Å². The molecule has 1 aliphatic rings. The number of rotatable bonds is 3. The third-order valence-corrected chi connectivity index (χ3v) is 3.42. The zero-order chi connectivity index (χ0) is 14.2. The summed E-state index contributed by atoms with van der Waals surface area (Å²) in [5.74, 6) is -0.0129. The Kier molecular flexibility index (Phi) is 3.45. The van der Waals surface area contributed by atoms with Crippen molar-refractivity contribution in [3.05, 3.63) is 35.4 Å². The Labute approximate surface area is 110 Å². The summed E-state index contributed by atoms with van der Waals surface area (Å²) in [6.45, 7) is 0.983. The average molecular weight is 264 g/mol. The Morgan fingerprint density at radius 2 is 2.11 bits per heavy atom. The first-order chi connectivity index (χ1) is 8.93. The number of ketones is 1. The van der Waals surface area contributed by atoms with Gasteiger partial charge in [-0.2, -0.15) is 0 Å². The number of carbonyl (C=O) groups excluding carboxylic acids is 1. The number of aliphatic hydroxyl groups is 3. The van der Waals surface area contributed by atoms with E-state index in [0.717, 1.165) is 5.56 Å². The Morgan fingerprint density at radius 3 is 2.58 bits per heavy atom. The lowest BCUT2D eigenvalue weighted by molar-refractivity contribution is -0.143. The van der Waals surface area contributed by atoms with Crippen molar-refractivity contribution in [2.75, 3.05) is 13.7 Å². The molecule has 5 nitrogen and oxygen atoms in total. The normalized spacial score (nSPS) is 26.5. The Bertz CT molecular complexity index is 549. The second-order valence-electron chi connectivity index (χ2n) is 4.62. The lowest BCUT2D eigenvalue weighted by Crippen LogP contribution is -2.48. The SMILES string of the molecule is COc1ccc(C2=C[C@H](O)[C@@](O)(CO)C2=O)c(C)c1. The minimum Gasteiger partial charge on any atom is -0.497 e. The molecule has 1 aromatic carbocycles. The highest BCUT2D eigenvalue weighted by molar-refractivity contribution is 6.27. The molecule has 1 aromatic rings. The van der Waals surface area contributed by atoms with Gasteiger partial charge in [-0.3, -0.25) is 4.79 Å². The maximum atomic E-state index is 12.1. The fraction of sp³-hybridized carbons (Fsp3) is 0.357. The van der Waals surface area contributed by atoms with Gasteiger partial charge in [0.25, 0.3) is 0 Å². The molecule has 0 unspecified atom stereocenters. The first-order valence-electron chi connectivity index (χ1n) is 5.87. The van der Waals surface area contributed by atoms with Crippen molar-refractivity contribution in [1.29, 1.82) is 0 Å². The van der Waals surface area contributed by atoms with Crippen molar-refractivity contribution in [3.8, 4) is 5.75 Å². The van der Waals surface area contributed by atoms with E-state index in [2.05, 4.69) is 0 Å². The van der Waals surface area contributed by atoms with Crippen molar-refractivity contribution in [2.24, 2.45) is 0 Å². The van der Waals surface area contributed by atoms with Gasteiger partial charge < -0.3 is 20.1 Å². The third kappa shape index (κ3) is 2.06. The summed E-state index contributed by atoms with van der Waals surface area (Å²) in [5, 5.41) is 28.7. The van der Waals surface area contributed by atoms with E-state index in [9.17, 15) is 15.0 Å². The van der Waals surface area contributed by atoms with Gasteiger partial charge in [-0.25, -0.2) is 0 Å². The van der Waals surface area contributed by atoms with E-state index in [1.807, 2.05) is 0 Å². The number of Topliss-reactive ketones (excluding diaryl/α,β-unsaturated/α-hetero) is 1. The molecule has 0 aromatic heterocycles. The molecule has 3 N–H and O–H groups in total. The summed E-state index contributed by atoms with van der Waals surface area (Å²) in [4.78, 5) is 12.1. The van der Waals surface area contributed by atoms with Crippen molar-refractivity contribution in [3.63, 3.8) is 0 Å². The summed E-state index contributed by atoms with van der Waals surface area (Å²) in [7, 11) is 1.54. The topological polar surface area (TPSA) is 87.0 Å². The predicted octanol–water partition coefficient (Wildman–Crippen LogP) is 0.0540. The fourth-order valence-electron chi connectivity index (χ4n) is 2.18.